The number of hydrogen-bond donors (Lipinski definition) is 0. The average molecular weight is 465 g/mol. The van der Waals surface area contributed by atoms with Gasteiger partial charge in [-0.3, -0.25) is 0 Å². The second-order valence-electron chi connectivity index (χ2n) is 3.85. The summed E-state index contributed by atoms with van der Waals surface area (Å²) in [6, 6.07) is 3.93. The van der Waals surface area contributed by atoms with Crippen LogP contribution in [0, 0.1) is 0 Å². The third-order valence-electron chi connectivity index (χ3n) is 2.12. The quantitative estimate of drug-likeness (QED) is 0.473. The molecule has 0 heterocycles. The van der Waals surface area contributed by atoms with Gasteiger partial charge in [0.2, 0.25) is 0 Å². The Hall–Kier alpha value is 0.410. The Morgan fingerprint density at radius 2 is 1.78 bits per heavy atom. The number of sulfone groups is 1. The van der Waals surface area contributed by atoms with E-state index in [1.807, 2.05) is 12.1 Å². The van der Waals surface area contributed by atoms with Gasteiger partial charge in [0, 0.05) is 11.6 Å². The fraction of sp³-hybridized carbons (Fsp3) is 0.455. The molecule has 0 bridgehead atoms. The Kier molecular flexibility index (Phi) is 6.64. The van der Waals surface area contributed by atoms with Gasteiger partial charge in [0.1, 0.15) is 15.6 Å². The minimum absolute atomic E-state index is 0.141. The smallest absolute Gasteiger partial charge is 0.147 e. The highest BCUT2D eigenvalue weighted by molar-refractivity contribution is 9.11. The fourth-order valence-electron chi connectivity index (χ4n) is 1.32. The van der Waals surface area contributed by atoms with Gasteiger partial charge >= 0.3 is 0 Å². The zero-order chi connectivity index (χ0) is 13.8. The van der Waals surface area contributed by atoms with Gasteiger partial charge in [-0.15, -0.1) is 0 Å². The molecule has 0 aliphatic rings. The SMILES string of the molecule is CS(=O)(=O)CCCOc1c(Br)cc(CBr)cc1Br. The molecule has 0 radical (unpaired) electrons. The van der Waals surface area contributed by atoms with Crippen LogP contribution in [0.15, 0.2) is 21.1 Å². The van der Waals surface area contributed by atoms with Crippen LogP contribution < -0.4 is 4.74 Å². The minimum Gasteiger partial charge on any atom is -0.491 e. The molecule has 0 N–H and O–H groups in total. The molecule has 3 nitrogen and oxygen atoms in total. The van der Waals surface area contributed by atoms with E-state index in [1.165, 1.54) is 6.26 Å². The number of alkyl halides is 1. The molecule has 0 saturated carbocycles. The molecule has 1 rings (SSSR count). The highest BCUT2D eigenvalue weighted by atomic mass is 79.9. The predicted molar refractivity (Wildman–Crippen MR) is 84.3 cm³/mol. The van der Waals surface area contributed by atoms with Crippen LogP contribution in [0.2, 0.25) is 0 Å². The monoisotopic (exact) mass is 462 g/mol. The third kappa shape index (κ3) is 5.59. The highest BCUT2D eigenvalue weighted by Crippen LogP contribution is 2.35. The Morgan fingerprint density at radius 3 is 2.22 bits per heavy atom. The summed E-state index contributed by atoms with van der Waals surface area (Å²) in [5.74, 6) is 0.843. The maximum Gasteiger partial charge on any atom is 0.147 e. The summed E-state index contributed by atoms with van der Waals surface area (Å²) in [5.41, 5.74) is 1.12. The normalized spacial score (nSPS) is 11.6. The van der Waals surface area contributed by atoms with Gasteiger partial charge in [0.05, 0.1) is 21.3 Å². The van der Waals surface area contributed by atoms with E-state index in [4.69, 9.17) is 4.74 Å². The van der Waals surface area contributed by atoms with E-state index >= 15 is 0 Å². The second-order valence-corrected chi connectivity index (χ2v) is 8.38. The molecule has 0 aromatic heterocycles. The molecule has 102 valence electrons. The summed E-state index contributed by atoms with van der Waals surface area (Å²) in [5, 5.41) is 0.762. The van der Waals surface area contributed by atoms with Crippen molar-refractivity contribution in [3.63, 3.8) is 0 Å². The van der Waals surface area contributed by atoms with Gasteiger partial charge in [-0.05, 0) is 56.0 Å². The van der Waals surface area contributed by atoms with E-state index in [0.29, 0.717) is 18.8 Å². The summed E-state index contributed by atoms with van der Waals surface area (Å²) in [4.78, 5) is 0. The van der Waals surface area contributed by atoms with Crippen molar-refractivity contribution < 1.29 is 13.2 Å². The van der Waals surface area contributed by atoms with E-state index < -0.39 is 9.84 Å². The van der Waals surface area contributed by atoms with E-state index in [1.54, 1.807) is 0 Å². The van der Waals surface area contributed by atoms with Crippen LogP contribution in [0.4, 0.5) is 0 Å². The highest BCUT2D eigenvalue weighted by Gasteiger charge is 2.09. The molecule has 0 unspecified atom stereocenters. The first-order valence-electron chi connectivity index (χ1n) is 5.18. The lowest BCUT2D eigenvalue weighted by Crippen LogP contribution is -2.08. The predicted octanol–water partition coefficient (Wildman–Crippen LogP) is 3.92. The van der Waals surface area contributed by atoms with E-state index in [2.05, 4.69) is 47.8 Å². The minimum atomic E-state index is -2.92. The molecule has 18 heavy (non-hydrogen) atoms. The molecular weight excluding hydrogens is 452 g/mol. The van der Waals surface area contributed by atoms with Crippen molar-refractivity contribution in [2.75, 3.05) is 18.6 Å². The summed E-state index contributed by atoms with van der Waals surface area (Å²) in [6.07, 6.45) is 1.71. The van der Waals surface area contributed by atoms with E-state index in [-0.39, 0.29) is 5.75 Å². The summed E-state index contributed by atoms with van der Waals surface area (Å²) in [6.45, 7) is 0.373. The molecule has 0 spiro atoms. The molecule has 1 aromatic carbocycles. The first-order chi connectivity index (χ1) is 8.33. The van der Waals surface area contributed by atoms with Crippen molar-refractivity contribution in [2.45, 2.75) is 11.8 Å². The Bertz CT molecular complexity index is 491. The van der Waals surface area contributed by atoms with Gasteiger partial charge in [0.15, 0.2) is 0 Å². The Labute approximate surface area is 133 Å². The van der Waals surface area contributed by atoms with Gasteiger partial charge in [-0.1, -0.05) is 15.9 Å². The molecule has 7 heteroatoms. The number of halogens is 3. The second kappa shape index (κ2) is 7.26. The molecular formula is C11H13Br3O3S. The van der Waals surface area contributed by atoms with Crippen molar-refractivity contribution in [1.82, 2.24) is 0 Å². The van der Waals surface area contributed by atoms with Crippen molar-refractivity contribution >= 4 is 57.6 Å². The maximum atomic E-state index is 11.0. The van der Waals surface area contributed by atoms with Crippen LogP contribution in [0.1, 0.15) is 12.0 Å². The standard InChI is InChI=1S/C11H13Br3O3S/c1-18(15,16)4-2-3-17-11-9(13)5-8(7-12)6-10(11)14/h5-6H,2-4,7H2,1H3. The molecule has 0 atom stereocenters. The lowest BCUT2D eigenvalue weighted by Gasteiger charge is -2.11. The van der Waals surface area contributed by atoms with Crippen molar-refractivity contribution in [1.29, 1.82) is 0 Å². The molecule has 0 amide bonds. The molecule has 0 aliphatic heterocycles. The van der Waals surface area contributed by atoms with Crippen LogP contribution >= 0.6 is 47.8 Å². The zero-order valence-corrected chi connectivity index (χ0v) is 15.3. The number of rotatable bonds is 6. The number of benzene rings is 1. The van der Waals surface area contributed by atoms with E-state index in [0.717, 1.165) is 19.8 Å². The Balaban J connectivity index is 2.63. The average Bonchev–Trinajstić information content (AvgIpc) is 2.25. The van der Waals surface area contributed by atoms with Crippen LogP contribution in [-0.4, -0.2) is 27.0 Å². The van der Waals surface area contributed by atoms with Gasteiger partial charge in [-0.2, -0.15) is 0 Å². The lowest BCUT2D eigenvalue weighted by molar-refractivity contribution is 0.314. The summed E-state index contributed by atoms with van der Waals surface area (Å²) in [7, 11) is -2.92. The van der Waals surface area contributed by atoms with Crippen molar-refractivity contribution in [2.24, 2.45) is 0 Å². The lowest BCUT2D eigenvalue weighted by atomic mass is 10.2. The molecule has 1 aromatic rings. The van der Waals surface area contributed by atoms with Crippen LogP contribution in [0.5, 0.6) is 5.75 Å². The fourth-order valence-corrected chi connectivity index (χ4v) is 3.80. The Morgan fingerprint density at radius 1 is 1.22 bits per heavy atom. The van der Waals surface area contributed by atoms with Crippen molar-refractivity contribution in [3.05, 3.63) is 26.6 Å². The largest absolute Gasteiger partial charge is 0.491 e. The van der Waals surface area contributed by atoms with Crippen molar-refractivity contribution in [3.8, 4) is 5.75 Å². The number of hydrogen-bond acceptors (Lipinski definition) is 3. The van der Waals surface area contributed by atoms with Crippen LogP contribution in [0.3, 0.4) is 0 Å². The van der Waals surface area contributed by atoms with Gasteiger partial charge in [0.25, 0.3) is 0 Å². The number of ether oxygens (including phenoxy) is 1. The topological polar surface area (TPSA) is 43.4 Å². The van der Waals surface area contributed by atoms with Gasteiger partial charge < -0.3 is 4.74 Å². The maximum absolute atomic E-state index is 11.0. The zero-order valence-electron chi connectivity index (χ0n) is 9.75. The summed E-state index contributed by atoms with van der Waals surface area (Å²) >= 11 is 10.3. The molecule has 0 saturated heterocycles. The van der Waals surface area contributed by atoms with E-state index in [9.17, 15) is 8.42 Å². The molecule has 0 aliphatic carbocycles. The molecule has 0 fully saturated rings. The first-order valence-corrected chi connectivity index (χ1v) is 9.94. The van der Waals surface area contributed by atoms with Crippen LogP contribution in [-0.2, 0) is 15.2 Å². The van der Waals surface area contributed by atoms with Gasteiger partial charge in [-0.25, -0.2) is 8.42 Å². The third-order valence-corrected chi connectivity index (χ3v) is 4.97. The first kappa shape index (κ1) is 16.5. The summed E-state index contributed by atoms with van der Waals surface area (Å²) < 4.78 is 29.3. The van der Waals surface area contributed by atoms with Crippen LogP contribution in [0.25, 0.3) is 0 Å².